The monoisotopic (exact) mass is 403 g/mol. The van der Waals surface area contributed by atoms with E-state index in [9.17, 15) is 4.79 Å². The van der Waals surface area contributed by atoms with E-state index in [4.69, 9.17) is 11.6 Å². The maximum absolute atomic E-state index is 12.2. The fourth-order valence-electron chi connectivity index (χ4n) is 2.78. The molecular formula is C22H18ClN5O. The van der Waals surface area contributed by atoms with Crippen LogP contribution in [0.5, 0.6) is 0 Å². The van der Waals surface area contributed by atoms with Crippen molar-refractivity contribution in [2.45, 2.75) is 6.54 Å². The maximum atomic E-state index is 12.2. The number of amides is 1. The first-order chi connectivity index (χ1) is 14.2. The second kappa shape index (κ2) is 8.58. The summed E-state index contributed by atoms with van der Waals surface area (Å²) in [5, 5.41) is 7.88. The number of nitrogens with zero attached hydrogens (tertiary/aromatic N) is 2. The van der Waals surface area contributed by atoms with E-state index in [0.717, 1.165) is 22.2 Å². The number of hydrogen-bond donors (Lipinski definition) is 3. The van der Waals surface area contributed by atoms with Crippen molar-refractivity contribution < 1.29 is 4.79 Å². The van der Waals surface area contributed by atoms with E-state index < -0.39 is 0 Å². The second-order valence-corrected chi connectivity index (χ2v) is 6.84. The Labute approximate surface area is 172 Å². The lowest BCUT2D eigenvalue weighted by Gasteiger charge is -2.05. The van der Waals surface area contributed by atoms with Gasteiger partial charge in [0.05, 0.1) is 17.2 Å². The molecule has 3 aromatic carbocycles. The van der Waals surface area contributed by atoms with Crippen LogP contribution >= 0.6 is 11.6 Å². The molecule has 29 heavy (non-hydrogen) atoms. The van der Waals surface area contributed by atoms with Crippen LogP contribution in [0.15, 0.2) is 77.9 Å². The van der Waals surface area contributed by atoms with Gasteiger partial charge < -0.3 is 10.3 Å². The second-order valence-electron chi connectivity index (χ2n) is 6.40. The average molecular weight is 404 g/mol. The molecule has 0 atom stereocenters. The van der Waals surface area contributed by atoms with Crippen molar-refractivity contribution in [2.24, 2.45) is 5.10 Å². The van der Waals surface area contributed by atoms with Crippen LogP contribution < -0.4 is 10.7 Å². The Bertz CT molecular complexity index is 1120. The summed E-state index contributed by atoms with van der Waals surface area (Å²) in [6.45, 7) is 0.594. The number of anilines is 1. The first-order valence-electron chi connectivity index (χ1n) is 9.04. The molecule has 4 aromatic rings. The van der Waals surface area contributed by atoms with Gasteiger partial charge in [-0.2, -0.15) is 5.10 Å². The number of fused-ring (bicyclic) bond motifs is 1. The molecule has 1 heterocycles. The van der Waals surface area contributed by atoms with Gasteiger partial charge in [0.15, 0.2) is 0 Å². The summed E-state index contributed by atoms with van der Waals surface area (Å²) < 4.78 is 0. The van der Waals surface area contributed by atoms with E-state index in [1.807, 2.05) is 48.5 Å². The van der Waals surface area contributed by atoms with E-state index >= 15 is 0 Å². The number of H-pyrrole nitrogens is 1. The largest absolute Gasteiger partial charge is 0.352 e. The topological polar surface area (TPSA) is 82.2 Å². The number of nitrogens with one attached hydrogen (secondary N) is 3. The van der Waals surface area contributed by atoms with Gasteiger partial charge in [-0.1, -0.05) is 48.0 Å². The summed E-state index contributed by atoms with van der Waals surface area (Å²) in [4.78, 5) is 19.9. The third-order valence-corrected chi connectivity index (χ3v) is 4.57. The zero-order valence-electron chi connectivity index (χ0n) is 15.4. The number of hydrogen-bond acceptors (Lipinski definition) is 4. The van der Waals surface area contributed by atoms with Crippen LogP contribution in [0.1, 0.15) is 21.5 Å². The Morgan fingerprint density at radius 3 is 2.55 bits per heavy atom. The SMILES string of the molecule is O=C(N/N=C/c1ccc(Cl)cc1)c1ccc(CNc2nc3ccccc3[nH]2)cc1. The molecule has 1 amide bonds. The van der Waals surface area contributed by atoms with Crippen molar-refractivity contribution in [2.75, 3.05) is 5.32 Å². The molecule has 0 saturated carbocycles. The maximum Gasteiger partial charge on any atom is 0.271 e. The Morgan fingerprint density at radius 1 is 1.03 bits per heavy atom. The normalized spacial score (nSPS) is 11.1. The van der Waals surface area contributed by atoms with Gasteiger partial charge in [-0.15, -0.1) is 0 Å². The minimum absolute atomic E-state index is 0.271. The lowest BCUT2D eigenvalue weighted by atomic mass is 10.1. The molecule has 0 unspecified atom stereocenters. The number of benzene rings is 3. The molecule has 0 fully saturated rings. The molecule has 0 spiro atoms. The molecule has 4 rings (SSSR count). The van der Waals surface area contributed by atoms with E-state index in [0.29, 0.717) is 23.1 Å². The van der Waals surface area contributed by atoms with Gasteiger partial charge >= 0.3 is 0 Å². The molecular weight excluding hydrogens is 386 g/mol. The zero-order valence-corrected chi connectivity index (χ0v) is 16.1. The van der Waals surface area contributed by atoms with Gasteiger partial charge in [-0.05, 0) is 47.5 Å². The van der Waals surface area contributed by atoms with Crippen molar-refractivity contribution in [3.8, 4) is 0 Å². The molecule has 0 aliphatic carbocycles. The standard InChI is InChI=1S/C22H18ClN5O/c23-18-11-7-16(8-12-18)14-25-28-21(29)17-9-5-15(6-10-17)13-24-22-26-19-3-1-2-4-20(19)27-22/h1-12,14H,13H2,(H,28,29)(H2,24,26,27)/b25-14+. The summed E-state index contributed by atoms with van der Waals surface area (Å²) in [5.41, 5.74) is 6.84. The number of aromatic amines is 1. The lowest BCUT2D eigenvalue weighted by molar-refractivity contribution is 0.0955. The number of hydrazone groups is 1. The highest BCUT2D eigenvalue weighted by atomic mass is 35.5. The van der Waals surface area contributed by atoms with Crippen molar-refractivity contribution in [3.05, 3.63) is 94.5 Å². The van der Waals surface area contributed by atoms with Crippen molar-refractivity contribution in [1.82, 2.24) is 15.4 Å². The van der Waals surface area contributed by atoms with E-state index in [2.05, 4.69) is 25.8 Å². The first kappa shape index (κ1) is 18.7. The molecule has 7 heteroatoms. The summed E-state index contributed by atoms with van der Waals surface area (Å²) in [6.07, 6.45) is 1.57. The van der Waals surface area contributed by atoms with E-state index in [1.165, 1.54) is 0 Å². The van der Waals surface area contributed by atoms with Gasteiger partial charge in [-0.3, -0.25) is 4.79 Å². The number of imidazole rings is 1. The van der Waals surface area contributed by atoms with Gasteiger partial charge in [-0.25, -0.2) is 10.4 Å². The molecule has 0 aliphatic rings. The Hall–Kier alpha value is -3.64. The van der Waals surface area contributed by atoms with Crippen LogP contribution in [-0.4, -0.2) is 22.1 Å². The highest BCUT2D eigenvalue weighted by Crippen LogP contribution is 2.14. The van der Waals surface area contributed by atoms with Crippen LogP contribution in [0.2, 0.25) is 5.02 Å². The quantitative estimate of drug-likeness (QED) is 0.325. The fraction of sp³-hybridized carbons (Fsp3) is 0.0455. The predicted molar refractivity (Wildman–Crippen MR) is 116 cm³/mol. The minimum atomic E-state index is -0.271. The number of halogens is 1. The molecule has 0 aliphatic heterocycles. The Balaban J connectivity index is 1.32. The van der Waals surface area contributed by atoms with Crippen LogP contribution in [0.25, 0.3) is 11.0 Å². The molecule has 3 N–H and O–H groups in total. The minimum Gasteiger partial charge on any atom is -0.352 e. The van der Waals surface area contributed by atoms with Gasteiger partial charge in [0.2, 0.25) is 5.95 Å². The molecule has 6 nitrogen and oxygen atoms in total. The van der Waals surface area contributed by atoms with Crippen LogP contribution in [0.3, 0.4) is 0 Å². The summed E-state index contributed by atoms with van der Waals surface area (Å²) >= 11 is 5.84. The molecule has 1 aromatic heterocycles. The number of carbonyl (C=O) groups excluding carboxylic acids is 1. The average Bonchev–Trinajstić information content (AvgIpc) is 3.17. The number of rotatable bonds is 6. The molecule has 144 valence electrons. The highest BCUT2D eigenvalue weighted by Gasteiger charge is 2.05. The first-order valence-corrected chi connectivity index (χ1v) is 9.42. The number of aromatic nitrogens is 2. The smallest absolute Gasteiger partial charge is 0.271 e. The molecule has 0 radical (unpaired) electrons. The summed E-state index contributed by atoms with van der Waals surface area (Å²) in [7, 11) is 0. The van der Waals surface area contributed by atoms with Crippen molar-refractivity contribution >= 4 is 40.7 Å². The fourth-order valence-corrected chi connectivity index (χ4v) is 2.90. The van der Waals surface area contributed by atoms with E-state index in [-0.39, 0.29) is 5.91 Å². The highest BCUT2D eigenvalue weighted by molar-refractivity contribution is 6.30. The predicted octanol–water partition coefficient (Wildman–Crippen LogP) is 4.59. The van der Waals surface area contributed by atoms with Gasteiger partial charge in [0, 0.05) is 17.1 Å². The third kappa shape index (κ3) is 4.80. The lowest BCUT2D eigenvalue weighted by Crippen LogP contribution is -2.17. The summed E-state index contributed by atoms with van der Waals surface area (Å²) in [5.74, 6) is 0.441. The zero-order chi connectivity index (χ0) is 20.1. The Morgan fingerprint density at radius 2 is 1.79 bits per heavy atom. The Kier molecular flexibility index (Phi) is 5.54. The molecule has 0 bridgehead atoms. The van der Waals surface area contributed by atoms with Crippen molar-refractivity contribution in [1.29, 1.82) is 0 Å². The van der Waals surface area contributed by atoms with E-state index in [1.54, 1.807) is 30.5 Å². The third-order valence-electron chi connectivity index (χ3n) is 4.32. The number of carbonyl (C=O) groups is 1. The van der Waals surface area contributed by atoms with Crippen LogP contribution in [0, 0.1) is 0 Å². The number of para-hydroxylation sites is 2. The van der Waals surface area contributed by atoms with Gasteiger partial charge in [0.25, 0.3) is 5.91 Å². The molecule has 0 saturated heterocycles. The van der Waals surface area contributed by atoms with Crippen LogP contribution in [-0.2, 0) is 6.54 Å². The van der Waals surface area contributed by atoms with Crippen molar-refractivity contribution in [3.63, 3.8) is 0 Å². The van der Waals surface area contributed by atoms with Gasteiger partial charge in [0.1, 0.15) is 0 Å². The van der Waals surface area contributed by atoms with Crippen LogP contribution in [0.4, 0.5) is 5.95 Å². The summed E-state index contributed by atoms with van der Waals surface area (Å²) in [6, 6.07) is 22.4.